The second-order valence-corrected chi connectivity index (χ2v) is 7.56. The van der Waals surface area contributed by atoms with Crippen LogP contribution >= 0.6 is 15.9 Å². The van der Waals surface area contributed by atoms with E-state index in [0.29, 0.717) is 11.1 Å². The SMILES string of the molecule is O=C(NCC(=O)N(Cc1ccc(C(F)(F)F)cc1)C1CC1)c1cccc(Br)c1. The number of halogens is 4. The maximum atomic E-state index is 12.7. The van der Waals surface area contributed by atoms with Gasteiger partial charge in [-0.25, -0.2) is 0 Å². The summed E-state index contributed by atoms with van der Waals surface area (Å²) < 4.78 is 38.8. The zero-order valence-electron chi connectivity index (χ0n) is 14.8. The molecular weight excluding hydrogens is 437 g/mol. The molecule has 2 aromatic rings. The summed E-state index contributed by atoms with van der Waals surface area (Å²) in [6.07, 6.45) is -2.68. The lowest BCUT2D eigenvalue weighted by Gasteiger charge is -2.23. The van der Waals surface area contributed by atoms with Gasteiger partial charge < -0.3 is 10.2 Å². The third-order valence-electron chi connectivity index (χ3n) is 4.43. The molecule has 0 spiro atoms. The molecule has 8 heteroatoms. The van der Waals surface area contributed by atoms with Gasteiger partial charge in [0, 0.05) is 22.6 Å². The summed E-state index contributed by atoms with van der Waals surface area (Å²) in [6, 6.07) is 11.7. The number of nitrogens with zero attached hydrogens (tertiary/aromatic N) is 1. The Labute approximate surface area is 168 Å². The first-order valence-corrected chi connectivity index (χ1v) is 9.53. The van der Waals surface area contributed by atoms with E-state index >= 15 is 0 Å². The number of alkyl halides is 3. The first kappa shape index (κ1) is 20.4. The topological polar surface area (TPSA) is 49.4 Å². The van der Waals surface area contributed by atoms with Crippen LogP contribution in [0, 0.1) is 0 Å². The minimum Gasteiger partial charge on any atom is -0.343 e. The van der Waals surface area contributed by atoms with Gasteiger partial charge >= 0.3 is 6.18 Å². The summed E-state index contributed by atoms with van der Waals surface area (Å²) in [7, 11) is 0. The summed E-state index contributed by atoms with van der Waals surface area (Å²) in [5.74, 6) is -0.620. The maximum Gasteiger partial charge on any atom is 0.416 e. The Morgan fingerprint density at radius 2 is 1.79 bits per heavy atom. The van der Waals surface area contributed by atoms with Crippen molar-refractivity contribution < 1.29 is 22.8 Å². The largest absolute Gasteiger partial charge is 0.416 e. The molecular formula is C20H18BrF3N2O2. The van der Waals surface area contributed by atoms with Crippen molar-refractivity contribution in [2.24, 2.45) is 0 Å². The summed E-state index contributed by atoms with van der Waals surface area (Å²) in [6.45, 7) is 0.0525. The van der Waals surface area contributed by atoms with Crippen molar-refractivity contribution in [2.75, 3.05) is 6.54 Å². The van der Waals surface area contributed by atoms with Gasteiger partial charge in [0.05, 0.1) is 12.1 Å². The highest BCUT2D eigenvalue weighted by Gasteiger charge is 2.33. The predicted molar refractivity (Wildman–Crippen MR) is 101 cm³/mol. The van der Waals surface area contributed by atoms with Crippen molar-refractivity contribution in [2.45, 2.75) is 31.6 Å². The lowest BCUT2D eigenvalue weighted by Crippen LogP contribution is -2.41. The van der Waals surface area contributed by atoms with Crippen molar-refractivity contribution in [3.8, 4) is 0 Å². The van der Waals surface area contributed by atoms with E-state index in [1.165, 1.54) is 12.1 Å². The Balaban J connectivity index is 1.61. The van der Waals surface area contributed by atoms with Crippen LogP contribution in [-0.2, 0) is 17.5 Å². The van der Waals surface area contributed by atoms with Gasteiger partial charge in [-0.3, -0.25) is 9.59 Å². The highest BCUT2D eigenvalue weighted by molar-refractivity contribution is 9.10. The van der Waals surface area contributed by atoms with Gasteiger partial charge in [-0.2, -0.15) is 13.2 Å². The zero-order chi connectivity index (χ0) is 20.3. The summed E-state index contributed by atoms with van der Waals surface area (Å²) in [4.78, 5) is 26.4. The van der Waals surface area contributed by atoms with E-state index in [1.54, 1.807) is 29.2 Å². The number of carbonyl (C=O) groups excluding carboxylic acids is 2. The van der Waals surface area contributed by atoms with E-state index in [-0.39, 0.29) is 30.9 Å². The maximum absolute atomic E-state index is 12.7. The summed E-state index contributed by atoms with van der Waals surface area (Å²) in [5, 5.41) is 2.60. The van der Waals surface area contributed by atoms with Crippen LogP contribution in [0.1, 0.15) is 34.3 Å². The van der Waals surface area contributed by atoms with E-state index in [4.69, 9.17) is 0 Å². The number of amides is 2. The average Bonchev–Trinajstić information content (AvgIpc) is 3.48. The Bertz CT molecular complexity index is 864. The number of hydrogen-bond acceptors (Lipinski definition) is 2. The van der Waals surface area contributed by atoms with Crippen LogP contribution in [0.4, 0.5) is 13.2 Å². The molecule has 0 atom stereocenters. The lowest BCUT2D eigenvalue weighted by atomic mass is 10.1. The Hall–Kier alpha value is -2.35. The fourth-order valence-corrected chi connectivity index (χ4v) is 3.19. The minimum atomic E-state index is -4.39. The average molecular weight is 455 g/mol. The number of nitrogens with one attached hydrogen (secondary N) is 1. The van der Waals surface area contributed by atoms with Crippen molar-refractivity contribution in [3.63, 3.8) is 0 Å². The van der Waals surface area contributed by atoms with E-state index in [0.717, 1.165) is 29.4 Å². The third kappa shape index (κ3) is 5.34. The summed E-state index contributed by atoms with van der Waals surface area (Å²) in [5.41, 5.74) is 0.330. The van der Waals surface area contributed by atoms with Crippen molar-refractivity contribution in [1.29, 1.82) is 0 Å². The van der Waals surface area contributed by atoms with Crippen molar-refractivity contribution in [3.05, 3.63) is 69.7 Å². The fraction of sp³-hybridized carbons (Fsp3) is 0.300. The Morgan fingerprint density at radius 3 is 2.36 bits per heavy atom. The molecule has 148 valence electrons. The van der Waals surface area contributed by atoms with Gasteiger partial charge in [0.2, 0.25) is 5.91 Å². The van der Waals surface area contributed by atoms with E-state index in [9.17, 15) is 22.8 Å². The minimum absolute atomic E-state index is 0.0672. The highest BCUT2D eigenvalue weighted by atomic mass is 79.9. The predicted octanol–water partition coefficient (Wildman–Crippen LogP) is 4.39. The number of rotatable bonds is 6. The smallest absolute Gasteiger partial charge is 0.343 e. The van der Waals surface area contributed by atoms with Gasteiger partial charge in [0.25, 0.3) is 5.91 Å². The molecule has 0 radical (unpaired) electrons. The Kier molecular flexibility index (Phi) is 6.07. The van der Waals surface area contributed by atoms with Gasteiger partial charge in [-0.15, -0.1) is 0 Å². The van der Waals surface area contributed by atoms with Gasteiger partial charge in [0.15, 0.2) is 0 Å². The molecule has 4 nitrogen and oxygen atoms in total. The molecule has 28 heavy (non-hydrogen) atoms. The molecule has 2 aromatic carbocycles. The second kappa shape index (κ2) is 8.34. The van der Waals surface area contributed by atoms with E-state index < -0.39 is 11.7 Å². The second-order valence-electron chi connectivity index (χ2n) is 6.64. The van der Waals surface area contributed by atoms with Crippen LogP contribution < -0.4 is 5.32 Å². The van der Waals surface area contributed by atoms with Crippen LogP contribution in [0.5, 0.6) is 0 Å². The van der Waals surface area contributed by atoms with Gasteiger partial charge in [-0.05, 0) is 48.7 Å². The number of benzene rings is 2. The zero-order valence-corrected chi connectivity index (χ0v) is 16.4. The van der Waals surface area contributed by atoms with Crippen LogP contribution in [0.2, 0.25) is 0 Å². The molecule has 0 aromatic heterocycles. The highest BCUT2D eigenvalue weighted by Crippen LogP contribution is 2.31. The molecule has 0 saturated heterocycles. The molecule has 2 amide bonds. The molecule has 3 rings (SSSR count). The quantitative estimate of drug-likeness (QED) is 0.703. The molecule has 1 fully saturated rings. The van der Waals surface area contributed by atoms with E-state index in [1.807, 2.05) is 0 Å². The molecule has 0 bridgehead atoms. The first-order chi connectivity index (χ1) is 13.2. The van der Waals surface area contributed by atoms with Gasteiger partial charge in [-0.1, -0.05) is 34.1 Å². The standard InChI is InChI=1S/C20H18BrF3N2O2/c21-16-3-1-2-14(10-16)19(28)25-11-18(27)26(17-8-9-17)12-13-4-6-15(7-5-13)20(22,23)24/h1-7,10,17H,8-9,11-12H2,(H,25,28). The lowest BCUT2D eigenvalue weighted by molar-refractivity contribution is -0.137. The van der Waals surface area contributed by atoms with Crippen LogP contribution in [0.3, 0.4) is 0 Å². The van der Waals surface area contributed by atoms with Crippen molar-refractivity contribution in [1.82, 2.24) is 10.2 Å². The molecule has 0 aliphatic heterocycles. The molecule has 1 saturated carbocycles. The van der Waals surface area contributed by atoms with Gasteiger partial charge in [0.1, 0.15) is 0 Å². The van der Waals surface area contributed by atoms with Crippen LogP contribution in [0.25, 0.3) is 0 Å². The molecule has 0 unspecified atom stereocenters. The van der Waals surface area contributed by atoms with Crippen LogP contribution in [-0.4, -0.2) is 29.3 Å². The number of carbonyl (C=O) groups is 2. The normalized spacial score (nSPS) is 13.9. The Morgan fingerprint density at radius 1 is 1.11 bits per heavy atom. The molecule has 1 N–H and O–H groups in total. The fourth-order valence-electron chi connectivity index (χ4n) is 2.79. The van der Waals surface area contributed by atoms with Crippen molar-refractivity contribution >= 4 is 27.7 Å². The molecule has 1 aliphatic carbocycles. The van der Waals surface area contributed by atoms with Crippen LogP contribution in [0.15, 0.2) is 53.0 Å². The monoisotopic (exact) mass is 454 g/mol. The summed E-state index contributed by atoms with van der Waals surface area (Å²) >= 11 is 3.29. The first-order valence-electron chi connectivity index (χ1n) is 8.73. The number of hydrogen-bond donors (Lipinski definition) is 1. The third-order valence-corrected chi connectivity index (χ3v) is 4.92. The molecule has 0 heterocycles. The van der Waals surface area contributed by atoms with E-state index in [2.05, 4.69) is 21.2 Å². The molecule has 1 aliphatic rings.